The fourth-order valence-corrected chi connectivity index (χ4v) is 1.58. The van der Waals surface area contributed by atoms with Gasteiger partial charge in [0, 0.05) is 23.4 Å². The summed E-state index contributed by atoms with van der Waals surface area (Å²) in [5, 5.41) is 10.3. The maximum Gasteiger partial charge on any atom is 0.205 e. The summed E-state index contributed by atoms with van der Waals surface area (Å²) in [5.41, 5.74) is 12.0. The minimum absolute atomic E-state index is 0.138. The molecule has 1 atom stereocenters. The summed E-state index contributed by atoms with van der Waals surface area (Å²) < 4.78 is 0. The van der Waals surface area contributed by atoms with Gasteiger partial charge in [-0.25, -0.2) is 0 Å². The average Bonchev–Trinajstić information content (AvgIpc) is 2.28. The highest BCUT2D eigenvalue weighted by Crippen LogP contribution is 2.13. The molecule has 0 bridgehead atoms. The van der Waals surface area contributed by atoms with Crippen molar-refractivity contribution in [3.8, 4) is 0 Å². The molecule has 4 N–H and O–H groups in total. The minimum Gasteiger partial charge on any atom is -0.329 e. The molecule has 16 heavy (non-hydrogen) atoms. The fraction of sp³-hybridized carbons (Fsp3) is 0.455. The third-order valence-corrected chi connectivity index (χ3v) is 2.60. The SMILES string of the molecule is NCC(N)(CC[N+](=O)[O-])Cc1ccccc1. The van der Waals surface area contributed by atoms with E-state index < -0.39 is 5.54 Å². The molecule has 5 nitrogen and oxygen atoms in total. The number of rotatable bonds is 6. The highest BCUT2D eigenvalue weighted by molar-refractivity contribution is 5.17. The monoisotopic (exact) mass is 223 g/mol. The van der Waals surface area contributed by atoms with Crippen LogP contribution in [0.5, 0.6) is 0 Å². The molecule has 0 aliphatic carbocycles. The van der Waals surface area contributed by atoms with Crippen molar-refractivity contribution in [2.24, 2.45) is 11.5 Å². The zero-order chi connectivity index (χ0) is 12.0. The molecule has 0 aromatic heterocycles. The van der Waals surface area contributed by atoms with Crippen LogP contribution in [0, 0.1) is 10.1 Å². The van der Waals surface area contributed by atoms with Crippen molar-refractivity contribution in [2.45, 2.75) is 18.4 Å². The second kappa shape index (κ2) is 5.58. The molecular formula is C11H17N3O2. The number of hydrogen-bond acceptors (Lipinski definition) is 4. The van der Waals surface area contributed by atoms with Crippen molar-refractivity contribution < 1.29 is 4.92 Å². The zero-order valence-corrected chi connectivity index (χ0v) is 9.13. The Morgan fingerprint density at radius 1 is 1.31 bits per heavy atom. The van der Waals surface area contributed by atoms with E-state index in [0.717, 1.165) is 5.56 Å². The fourth-order valence-electron chi connectivity index (χ4n) is 1.58. The third kappa shape index (κ3) is 3.96. The Balaban J connectivity index is 2.62. The van der Waals surface area contributed by atoms with Crippen LogP contribution in [0.2, 0.25) is 0 Å². The summed E-state index contributed by atoms with van der Waals surface area (Å²) in [7, 11) is 0. The molecule has 0 amide bonds. The summed E-state index contributed by atoms with van der Waals surface area (Å²) in [6, 6.07) is 9.65. The van der Waals surface area contributed by atoms with Crippen LogP contribution in [0.4, 0.5) is 0 Å². The van der Waals surface area contributed by atoms with Gasteiger partial charge in [-0.15, -0.1) is 0 Å². The van der Waals surface area contributed by atoms with Gasteiger partial charge in [0.2, 0.25) is 6.54 Å². The van der Waals surface area contributed by atoms with E-state index in [1.54, 1.807) is 0 Å². The van der Waals surface area contributed by atoms with E-state index in [0.29, 0.717) is 12.8 Å². The molecule has 0 saturated carbocycles. The van der Waals surface area contributed by atoms with Crippen molar-refractivity contribution in [2.75, 3.05) is 13.1 Å². The van der Waals surface area contributed by atoms with E-state index in [1.807, 2.05) is 30.3 Å². The van der Waals surface area contributed by atoms with Crippen molar-refractivity contribution in [3.05, 3.63) is 46.0 Å². The topological polar surface area (TPSA) is 95.2 Å². The van der Waals surface area contributed by atoms with Crippen molar-refractivity contribution >= 4 is 0 Å². The van der Waals surface area contributed by atoms with E-state index >= 15 is 0 Å². The van der Waals surface area contributed by atoms with E-state index in [-0.39, 0.29) is 18.0 Å². The van der Waals surface area contributed by atoms with Gasteiger partial charge < -0.3 is 11.5 Å². The van der Waals surface area contributed by atoms with Gasteiger partial charge in [-0.1, -0.05) is 30.3 Å². The molecule has 88 valence electrons. The molecule has 0 aliphatic heterocycles. The van der Waals surface area contributed by atoms with Gasteiger partial charge in [0.1, 0.15) is 0 Å². The average molecular weight is 223 g/mol. The van der Waals surface area contributed by atoms with Crippen molar-refractivity contribution in [3.63, 3.8) is 0 Å². The van der Waals surface area contributed by atoms with Gasteiger partial charge in [0.05, 0.1) is 0 Å². The number of hydrogen-bond donors (Lipinski definition) is 2. The molecule has 0 heterocycles. The van der Waals surface area contributed by atoms with E-state index in [1.165, 1.54) is 0 Å². The first-order chi connectivity index (χ1) is 7.56. The second-order valence-electron chi connectivity index (χ2n) is 4.04. The Bertz CT molecular complexity index is 342. The highest BCUT2D eigenvalue weighted by Gasteiger charge is 2.25. The number of nitro groups is 1. The van der Waals surface area contributed by atoms with Crippen LogP contribution in [-0.4, -0.2) is 23.6 Å². The first kappa shape index (κ1) is 12.6. The van der Waals surface area contributed by atoms with Gasteiger partial charge in [-0.05, 0) is 12.0 Å². The molecule has 1 aromatic carbocycles. The lowest BCUT2D eigenvalue weighted by Gasteiger charge is -2.26. The first-order valence-electron chi connectivity index (χ1n) is 5.20. The van der Waals surface area contributed by atoms with Crippen LogP contribution in [0.25, 0.3) is 0 Å². The molecule has 0 saturated heterocycles. The summed E-state index contributed by atoms with van der Waals surface area (Å²) in [5.74, 6) is 0. The van der Waals surface area contributed by atoms with E-state index in [2.05, 4.69) is 0 Å². The van der Waals surface area contributed by atoms with Crippen LogP contribution < -0.4 is 11.5 Å². The van der Waals surface area contributed by atoms with Crippen LogP contribution in [0.1, 0.15) is 12.0 Å². The Labute approximate surface area is 94.6 Å². The van der Waals surface area contributed by atoms with Crippen LogP contribution >= 0.6 is 0 Å². The Morgan fingerprint density at radius 3 is 2.44 bits per heavy atom. The molecule has 1 rings (SSSR count). The maximum absolute atomic E-state index is 10.3. The Morgan fingerprint density at radius 2 is 1.94 bits per heavy atom. The van der Waals surface area contributed by atoms with Gasteiger partial charge in [0.15, 0.2) is 0 Å². The lowest BCUT2D eigenvalue weighted by Crippen LogP contribution is -2.50. The largest absolute Gasteiger partial charge is 0.329 e. The Kier molecular flexibility index (Phi) is 4.39. The quantitative estimate of drug-likeness (QED) is 0.544. The lowest BCUT2D eigenvalue weighted by atomic mass is 9.89. The predicted octanol–water partition coefficient (Wildman–Crippen LogP) is 0.552. The molecule has 0 fully saturated rings. The molecule has 0 radical (unpaired) electrons. The standard InChI is InChI=1S/C11H17N3O2/c12-9-11(13,6-7-14(15)16)8-10-4-2-1-3-5-10/h1-5H,6-9,12-13H2. The van der Waals surface area contributed by atoms with Crippen molar-refractivity contribution in [1.29, 1.82) is 0 Å². The molecule has 1 aromatic rings. The predicted molar refractivity (Wildman–Crippen MR) is 62.6 cm³/mol. The van der Waals surface area contributed by atoms with Crippen molar-refractivity contribution in [1.82, 2.24) is 0 Å². The number of nitrogens with zero attached hydrogens (tertiary/aromatic N) is 1. The molecular weight excluding hydrogens is 206 g/mol. The number of benzene rings is 1. The third-order valence-electron chi connectivity index (χ3n) is 2.60. The lowest BCUT2D eigenvalue weighted by molar-refractivity contribution is -0.481. The molecule has 0 spiro atoms. The van der Waals surface area contributed by atoms with E-state index in [9.17, 15) is 10.1 Å². The molecule has 1 unspecified atom stereocenters. The van der Waals surface area contributed by atoms with Gasteiger partial charge in [-0.2, -0.15) is 0 Å². The van der Waals surface area contributed by atoms with Gasteiger partial charge in [0.25, 0.3) is 0 Å². The summed E-state index contributed by atoms with van der Waals surface area (Å²) in [4.78, 5) is 9.96. The minimum atomic E-state index is -0.686. The zero-order valence-electron chi connectivity index (χ0n) is 9.13. The highest BCUT2D eigenvalue weighted by atomic mass is 16.6. The van der Waals surface area contributed by atoms with Crippen LogP contribution in [0.15, 0.2) is 30.3 Å². The molecule has 0 aliphatic rings. The van der Waals surface area contributed by atoms with Gasteiger partial charge in [-0.3, -0.25) is 10.1 Å². The Hall–Kier alpha value is -1.46. The summed E-state index contributed by atoms with van der Waals surface area (Å²) in [6.07, 6.45) is 0.865. The summed E-state index contributed by atoms with van der Waals surface area (Å²) >= 11 is 0. The first-order valence-corrected chi connectivity index (χ1v) is 5.20. The molecule has 5 heteroatoms. The summed E-state index contributed by atoms with van der Waals surface area (Å²) in [6.45, 7) is 0.107. The second-order valence-corrected chi connectivity index (χ2v) is 4.04. The smallest absolute Gasteiger partial charge is 0.205 e. The maximum atomic E-state index is 10.3. The van der Waals surface area contributed by atoms with Crippen LogP contribution in [-0.2, 0) is 6.42 Å². The van der Waals surface area contributed by atoms with E-state index in [4.69, 9.17) is 11.5 Å². The number of nitrogens with two attached hydrogens (primary N) is 2. The normalized spacial score (nSPS) is 14.4. The van der Waals surface area contributed by atoms with Crippen LogP contribution in [0.3, 0.4) is 0 Å². The van der Waals surface area contributed by atoms with Gasteiger partial charge >= 0.3 is 0 Å².